The number of hydrogen-bond donors (Lipinski definition) is 1. The van der Waals surface area contributed by atoms with Gasteiger partial charge in [-0.2, -0.15) is 0 Å². The van der Waals surface area contributed by atoms with Crippen molar-refractivity contribution in [3.05, 3.63) is 0 Å². The van der Waals surface area contributed by atoms with E-state index in [1.807, 2.05) is 0 Å². The number of urea groups is 1. The zero-order valence-corrected chi connectivity index (χ0v) is 14.8. The van der Waals surface area contributed by atoms with Gasteiger partial charge in [-0.15, -0.1) is 4.99 Å². The lowest BCUT2D eigenvalue weighted by molar-refractivity contribution is 0.125. The summed E-state index contributed by atoms with van der Waals surface area (Å²) in [5.41, 5.74) is -0.0636. The summed E-state index contributed by atoms with van der Waals surface area (Å²) in [7, 11) is 5.10. The zero-order chi connectivity index (χ0) is 17.2. The van der Waals surface area contributed by atoms with Crippen LogP contribution in [-0.2, 0) is 4.74 Å². The largest absolute Gasteiger partial charge is 0.445 e. The summed E-state index contributed by atoms with van der Waals surface area (Å²) in [6.45, 7) is 3.52. The normalized spacial score (nSPS) is 26.3. The molecule has 0 spiro atoms. The third-order valence-electron chi connectivity index (χ3n) is 4.65. The Labute approximate surface area is 138 Å². The van der Waals surface area contributed by atoms with Crippen LogP contribution >= 0.6 is 0 Å². The summed E-state index contributed by atoms with van der Waals surface area (Å²) >= 11 is 0. The van der Waals surface area contributed by atoms with Crippen molar-refractivity contribution in [1.29, 1.82) is 0 Å². The van der Waals surface area contributed by atoms with E-state index in [0.29, 0.717) is 0 Å². The third kappa shape index (κ3) is 4.14. The highest BCUT2D eigenvalue weighted by atomic mass is 16.6. The van der Waals surface area contributed by atoms with E-state index in [2.05, 4.69) is 10.3 Å². The van der Waals surface area contributed by atoms with Gasteiger partial charge in [0.25, 0.3) is 0 Å². The van der Waals surface area contributed by atoms with Crippen LogP contribution in [-0.4, -0.2) is 60.7 Å². The van der Waals surface area contributed by atoms with Crippen LogP contribution in [0.15, 0.2) is 4.99 Å². The molecule has 7 heteroatoms. The molecule has 0 unspecified atom stereocenters. The number of guanidine groups is 1. The van der Waals surface area contributed by atoms with Crippen molar-refractivity contribution in [3.8, 4) is 0 Å². The Bertz CT molecular complexity index is 494. The van der Waals surface area contributed by atoms with Crippen molar-refractivity contribution < 1.29 is 14.3 Å². The third-order valence-corrected chi connectivity index (χ3v) is 4.65. The van der Waals surface area contributed by atoms with E-state index in [1.165, 1.54) is 17.7 Å². The monoisotopic (exact) mass is 324 g/mol. The molecule has 0 aromatic carbocycles. The van der Waals surface area contributed by atoms with E-state index in [0.717, 1.165) is 25.2 Å². The first-order valence-corrected chi connectivity index (χ1v) is 8.25. The minimum atomic E-state index is -0.691. The van der Waals surface area contributed by atoms with Crippen LogP contribution in [0.2, 0.25) is 0 Å². The van der Waals surface area contributed by atoms with Gasteiger partial charge in [-0.25, -0.2) is 9.59 Å². The highest BCUT2D eigenvalue weighted by Crippen LogP contribution is 2.47. The predicted molar refractivity (Wildman–Crippen MR) is 88.3 cm³/mol. The molecular weight excluding hydrogens is 296 g/mol. The lowest BCUT2D eigenvalue weighted by Crippen LogP contribution is -2.53. The average molecular weight is 324 g/mol. The average Bonchev–Trinajstić information content (AvgIpc) is 3.02. The number of amides is 3. The molecule has 0 radical (unpaired) electrons. The first-order chi connectivity index (χ1) is 10.7. The minimum absolute atomic E-state index is 0.0636. The predicted octanol–water partition coefficient (Wildman–Crippen LogP) is 2.42. The van der Waals surface area contributed by atoms with Crippen LogP contribution in [0.1, 0.15) is 46.0 Å². The molecule has 3 amide bonds. The quantitative estimate of drug-likeness (QED) is 0.625. The maximum Gasteiger partial charge on any atom is 0.437 e. The molecule has 130 valence electrons. The van der Waals surface area contributed by atoms with Crippen molar-refractivity contribution >= 4 is 18.1 Å². The van der Waals surface area contributed by atoms with Gasteiger partial charge in [-0.05, 0) is 51.9 Å². The molecule has 2 bridgehead atoms. The number of carbonyl (C=O) groups is 2. The lowest BCUT2D eigenvalue weighted by atomic mass is 9.94. The fourth-order valence-corrected chi connectivity index (χ4v) is 3.55. The molecule has 2 aliphatic rings. The molecule has 0 heterocycles. The summed E-state index contributed by atoms with van der Waals surface area (Å²) < 4.78 is 5.03. The number of nitrogens with one attached hydrogen (secondary N) is 1. The van der Waals surface area contributed by atoms with Gasteiger partial charge < -0.3 is 15.0 Å². The van der Waals surface area contributed by atoms with Crippen LogP contribution < -0.4 is 5.32 Å². The van der Waals surface area contributed by atoms with E-state index in [4.69, 9.17) is 4.74 Å². The first-order valence-electron chi connectivity index (χ1n) is 8.25. The maximum absolute atomic E-state index is 12.6. The van der Waals surface area contributed by atoms with E-state index in [1.54, 1.807) is 39.9 Å². The summed E-state index contributed by atoms with van der Waals surface area (Å²) in [5, 5.41) is 3.16. The van der Waals surface area contributed by atoms with Crippen LogP contribution in [0.5, 0.6) is 0 Å². The number of aliphatic imine (C=N–C) groups is 1. The second-order valence-corrected chi connectivity index (χ2v) is 7.16. The van der Waals surface area contributed by atoms with E-state index >= 15 is 0 Å². The van der Waals surface area contributed by atoms with Gasteiger partial charge in [0.1, 0.15) is 0 Å². The summed E-state index contributed by atoms with van der Waals surface area (Å²) in [4.78, 5) is 31.3. The second-order valence-electron chi connectivity index (χ2n) is 7.16. The number of ether oxygens (including phenoxy) is 1. The molecule has 23 heavy (non-hydrogen) atoms. The zero-order valence-electron chi connectivity index (χ0n) is 14.8. The molecular formula is C16H28N4O3. The first kappa shape index (κ1) is 17.6. The van der Waals surface area contributed by atoms with Gasteiger partial charge in [0.15, 0.2) is 0 Å². The van der Waals surface area contributed by atoms with Crippen LogP contribution in [0.3, 0.4) is 0 Å². The smallest absolute Gasteiger partial charge is 0.437 e. The van der Waals surface area contributed by atoms with Crippen LogP contribution in [0.25, 0.3) is 0 Å². The van der Waals surface area contributed by atoms with Crippen molar-refractivity contribution in [3.63, 3.8) is 0 Å². The maximum atomic E-state index is 12.6. The van der Waals surface area contributed by atoms with Gasteiger partial charge in [-0.3, -0.25) is 4.90 Å². The molecule has 2 saturated carbocycles. The Morgan fingerprint density at radius 1 is 1.22 bits per heavy atom. The summed E-state index contributed by atoms with van der Waals surface area (Å²) in [5.74, 6) is 1.01. The summed E-state index contributed by atoms with van der Waals surface area (Å²) in [6.07, 6.45) is 4.60. The van der Waals surface area contributed by atoms with Gasteiger partial charge >= 0.3 is 12.1 Å². The van der Waals surface area contributed by atoms with E-state index < -0.39 is 6.09 Å². The fourth-order valence-electron chi connectivity index (χ4n) is 3.55. The number of hydrogen-bond acceptors (Lipinski definition) is 3. The molecule has 2 fully saturated rings. The molecule has 1 N–H and O–H groups in total. The lowest BCUT2D eigenvalue weighted by Gasteiger charge is -2.32. The molecule has 0 aliphatic heterocycles. The Hall–Kier alpha value is -1.79. The minimum Gasteiger partial charge on any atom is -0.445 e. The van der Waals surface area contributed by atoms with Crippen molar-refractivity contribution in [2.75, 3.05) is 21.1 Å². The van der Waals surface area contributed by atoms with Crippen molar-refractivity contribution in [1.82, 2.24) is 15.1 Å². The Kier molecular flexibility index (Phi) is 5.16. The number of carbonyl (C=O) groups excluding carboxylic acids is 2. The molecule has 0 saturated heterocycles. The molecule has 0 aromatic rings. The highest BCUT2D eigenvalue weighted by Gasteiger charge is 2.46. The topological polar surface area (TPSA) is 74.2 Å². The van der Waals surface area contributed by atoms with Crippen LogP contribution in [0, 0.1) is 5.92 Å². The molecule has 0 atom stereocenters. The SMILES string of the molecule is CC(C)OC(=O)N=C(N(C)C)N(C)C(=O)NC12CCC(CC1)C2. The van der Waals surface area contributed by atoms with Crippen LogP contribution in [0.4, 0.5) is 9.59 Å². The molecule has 2 rings (SSSR count). The van der Waals surface area contributed by atoms with Gasteiger partial charge in [-0.1, -0.05) is 0 Å². The second kappa shape index (κ2) is 6.76. The van der Waals surface area contributed by atoms with E-state index in [9.17, 15) is 9.59 Å². The Morgan fingerprint density at radius 3 is 2.26 bits per heavy atom. The van der Waals surface area contributed by atoms with E-state index in [-0.39, 0.29) is 23.6 Å². The van der Waals surface area contributed by atoms with Crippen molar-refractivity contribution in [2.45, 2.75) is 57.6 Å². The molecule has 0 aromatic heterocycles. The Morgan fingerprint density at radius 2 is 1.83 bits per heavy atom. The number of rotatable bonds is 2. The fraction of sp³-hybridized carbons (Fsp3) is 0.812. The van der Waals surface area contributed by atoms with Gasteiger partial charge in [0, 0.05) is 26.7 Å². The molecule has 2 aliphatic carbocycles. The van der Waals surface area contributed by atoms with Gasteiger partial charge in [0.05, 0.1) is 6.10 Å². The molecule has 7 nitrogen and oxygen atoms in total. The number of fused-ring (bicyclic) bond motifs is 2. The van der Waals surface area contributed by atoms with Crippen molar-refractivity contribution in [2.24, 2.45) is 10.9 Å². The highest BCUT2D eigenvalue weighted by molar-refractivity contribution is 6.00. The number of nitrogens with zero attached hydrogens (tertiary/aromatic N) is 3. The standard InChI is InChI=1S/C16H28N4O3/c1-11(2)23-15(22)17-13(19(3)4)20(5)14(21)18-16-8-6-12(10-16)7-9-16/h11-12H,6-10H2,1-5H3,(H,18,21). The Balaban J connectivity index is 2.05. The summed E-state index contributed by atoms with van der Waals surface area (Å²) in [6, 6.07) is -0.225. The van der Waals surface area contributed by atoms with Gasteiger partial charge in [0.2, 0.25) is 5.96 Å².